The second-order valence-corrected chi connectivity index (χ2v) is 5.82. The van der Waals surface area contributed by atoms with E-state index in [4.69, 9.17) is 4.74 Å². The molecule has 0 unspecified atom stereocenters. The molecule has 132 valence electrons. The van der Waals surface area contributed by atoms with Gasteiger partial charge in [-0.25, -0.2) is 4.98 Å². The highest BCUT2D eigenvalue weighted by molar-refractivity contribution is 6.12. The van der Waals surface area contributed by atoms with Gasteiger partial charge in [0.2, 0.25) is 0 Å². The Morgan fingerprint density at radius 3 is 2.38 bits per heavy atom. The van der Waals surface area contributed by atoms with Crippen LogP contribution in [-0.4, -0.2) is 21.2 Å². The number of hydrogen-bond donors (Lipinski definition) is 1. The molecule has 0 radical (unpaired) electrons. The highest BCUT2D eigenvalue weighted by atomic mass is 16.5. The summed E-state index contributed by atoms with van der Waals surface area (Å²) in [6, 6.07) is 13.8. The molecule has 2 aromatic carbocycles. The van der Waals surface area contributed by atoms with Gasteiger partial charge in [0.15, 0.2) is 5.78 Å². The van der Waals surface area contributed by atoms with E-state index in [2.05, 4.69) is 10.3 Å². The van der Waals surface area contributed by atoms with E-state index < -0.39 is 0 Å². The third kappa shape index (κ3) is 3.97. The molecule has 3 aromatic rings. The predicted molar refractivity (Wildman–Crippen MR) is 98.4 cm³/mol. The Bertz CT molecular complexity index is 929. The van der Waals surface area contributed by atoms with Crippen LogP contribution in [0.4, 0.5) is 5.69 Å². The second kappa shape index (κ2) is 7.65. The number of aromatic nitrogens is 2. The van der Waals surface area contributed by atoms with E-state index in [0.29, 0.717) is 29.2 Å². The van der Waals surface area contributed by atoms with Crippen LogP contribution in [0.2, 0.25) is 0 Å². The first-order chi connectivity index (χ1) is 12.5. The third-order valence-corrected chi connectivity index (χ3v) is 3.95. The molecule has 0 aliphatic heterocycles. The highest BCUT2D eigenvalue weighted by Gasteiger charge is 2.13. The van der Waals surface area contributed by atoms with E-state index in [9.17, 15) is 9.59 Å². The Morgan fingerprint density at radius 2 is 1.77 bits per heavy atom. The van der Waals surface area contributed by atoms with Crippen LogP contribution in [0.5, 0.6) is 5.75 Å². The third-order valence-electron chi connectivity index (χ3n) is 3.95. The monoisotopic (exact) mass is 349 g/mol. The number of ether oxygens (including phenoxy) is 1. The predicted octanol–water partition coefficient (Wildman–Crippen LogP) is 3.45. The molecule has 0 aliphatic rings. The number of nitrogens with zero attached hydrogens (tertiary/aromatic N) is 2. The van der Waals surface area contributed by atoms with Crippen LogP contribution in [0, 0.1) is 0 Å². The number of aryl methyl sites for hydroxylation is 1. The van der Waals surface area contributed by atoms with Gasteiger partial charge in [0.1, 0.15) is 18.2 Å². The number of ketones is 1. The van der Waals surface area contributed by atoms with Crippen molar-refractivity contribution in [3.8, 4) is 5.75 Å². The molecule has 0 spiro atoms. The van der Waals surface area contributed by atoms with Crippen molar-refractivity contribution in [1.82, 2.24) is 9.55 Å². The number of carbonyl (C=O) groups excluding carboxylic acids is 2. The van der Waals surface area contributed by atoms with Crippen molar-refractivity contribution in [3.05, 3.63) is 77.9 Å². The van der Waals surface area contributed by atoms with Crippen molar-refractivity contribution in [2.24, 2.45) is 7.05 Å². The van der Waals surface area contributed by atoms with Crippen LogP contribution in [0.15, 0.2) is 60.9 Å². The largest absolute Gasteiger partial charge is 0.486 e. The maximum atomic E-state index is 12.4. The van der Waals surface area contributed by atoms with Crippen LogP contribution in [0.25, 0.3) is 0 Å². The van der Waals surface area contributed by atoms with Crippen LogP contribution in [0.1, 0.15) is 33.5 Å². The molecule has 1 amide bonds. The summed E-state index contributed by atoms with van der Waals surface area (Å²) >= 11 is 0. The summed E-state index contributed by atoms with van der Waals surface area (Å²) in [5.74, 6) is 1.03. The fourth-order valence-corrected chi connectivity index (χ4v) is 2.50. The number of rotatable bonds is 6. The van der Waals surface area contributed by atoms with Crippen LogP contribution >= 0.6 is 0 Å². The van der Waals surface area contributed by atoms with Crippen molar-refractivity contribution in [3.63, 3.8) is 0 Å². The fraction of sp³-hybridized carbons (Fsp3) is 0.150. The summed E-state index contributed by atoms with van der Waals surface area (Å²) in [5.41, 5.74) is 1.38. The summed E-state index contributed by atoms with van der Waals surface area (Å²) in [5, 5.41) is 2.80. The van der Waals surface area contributed by atoms with Gasteiger partial charge in [0.05, 0.1) is 5.56 Å². The van der Waals surface area contributed by atoms with Gasteiger partial charge in [-0.15, -0.1) is 0 Å². The summed E-state index contributed by atoms with van der Waals surface area (Å²) in [4.78, 5) is 28.3. The minimum Gasteiger partial charge on any atom is -0.486 e. The standard InChI is InChI=1S/C20H19N3O3/c1-14(24)17-5-3-4-6-18(17)20(25)22-15-7-9-16(10-8-15)26-13-19-21-11-12-23(19)2/h3-12H,13H2,1-2H3,(H,22,25). The fourth-order valence-electron chi connectivity index (χ4n) is 2.50. The minimum absolute atomic E-state index is 0.145. The summed E-state index contributed by atoms with van der Waals surface area (Å²) in [6.07, 6.45) is 3.58. The van der Waals surface area contributed by atoms with Crippen molar-refractivity contribution in [1.29, 1.82) is 0 Å². The lowest BCUT2D eigenvalue weighted by molar-refractivity contribution is 0.0985. The summed E-state index contributed by atoms with van der Waals surface area (Å²) in [6.45, 7) is 1.81. The lowest BCUT2D eigenvalue weighted by Crippen LogP contribution is -2.15. The molecule has 1 heterocycles. The minimum atomic E-state index is -0.322. The zero-order valence-electron chi connectivity index (χ0n) is 14.6. The van der Waals surface area contributed by atoms with Gasteiger partial charge in [-0.1, -0.05) is 18.2 Å². The van der Waals surface area contributed by atoms with Crippen molar-refractivity contribution < 1.29 is 14.3 Å². The molecule has 0 atom stereocenters. The van der Waals surface area contributed by atoms with Gasteiger partial charge in [0.25, 0.3) is 5.91 Å². The Kier molecular flexibility index (Phi) is 5.12. The summed E-state index contributed by atoms with van der Waals surface area (Å²) in [7, 11) is 1.91. The summed E-state index contributed by atoms with van der Waals surface area (Å²) < 4.78 is 7.58. The van der Waals surface area contributed by atoms with Gasteiger partial charge in [-0.3, -0.25) is 9.59 Å². The van der Waals surface area contributed by atoms with Gasteiger partial charge < -0.3 is 14.6 Å². The molecule has 1 aromatic heterocycles. The molecule has 6 nitrogen and oxygen atoms in total. The molecule has 0 saturated carbocycles. The number of nitrogens with one attached hydrogen (secondary N) is 1. The zero-order chi connectivity index (χ0) is 18.5. The van der Waals surface area contributed by atoms with E-state index in [1.807, 2.05) is 17.8 Å². The molecular weight excluding hydrogens is 330 g/mol. The van der Waals surface area contributed by atoms with E-state index in [1.54, 1.807) is 54.7 Å². The molecule has 3 rings (SSSR count). The maximum absolute atomic E-state index is 12.4. The van der Waals surface area contributed by atoms with E-state index in [1.165, 1.54) is 6.92 Å². The average Bonchev–Trinajstić information content (AvgIpc) is 3.06. The van der Waals surface area contributed by atoms with E-state index in [0.717, 1.165) is 5.82 Å². The number of hydrogen-bond acceptors (Lipinski definition) is 4. The highest BCUT2D eigenvalue weighted by Crippen LogP contribution is 2.18. The molecule has 6 heteroatoms. The Hall–Kier alpha value is -3.41. The van der Waals surface area contributed by atoms with Crippen LogP contribution in [0.3, 0.4) is 0 Å². The van der Waals surface area contributed by atoms with Crippen molar-refractivity contribution >= 4 is 17.4 Å². The topological polar surface area (TPSA) is 73.2 Å². The molecule has 0 fully saturated rings. The number of anilines is 1. The second-order valence-electron chi connectivity index (χ2n) is 5.82. The van der Waals surface area contributed by atoms with Gasteiger partial charge >= 0.3 is 0 Å². The quantitative estimate of drug-likeness (QED) is 0.692. The smallest absolute Gasteiger partial charge is 0.256 e. The average molecular weight is 349 g/mol. The number of Topliss-reactive ketones (excluding diaryl/α,β-unsaturated/α-hetero) is 1. The SMILES string of the molecule is CC(=O)c1ccccc1C(=O)Nc1ccc(OCc2nccn2C)cc1. The Labute approximate surface area is 151 Å². The van der Waals surface area contributed by atoms with Gasteiger partial charge in [0, 0.05) is 30.7 Å². The van der Waals surface area contributed by atoms with E-state index >= 15 is 0 Å². The Morgan fingerprint density at radius 1 is 1.08 bits per heavy atom. The number of carbonyl (C=O) groups is 2. The molecule has 0 bridgehead atoms. The molecule has 0 aliphatic carbocycles. The first kappa shape index (κ1) is 17.4. The first-order valence-corrected chi connectivity index (χ1v) is 8.15. The van der Waals surface area contributed by atoms with Gasteiger partial charge in [-0.05, 0) is 37.3 Å². The first-order valence-electron chi connectivity index (χ1n) is 8.15. The zero-order valence-corrected chi connectivity index (χ0v) is 14.6. The number of imidazole rings is 1. The lowest BCUT2D eigenvalue weighted by atomic mass is 10.0. The van der Waals surface area contributed by atoms with Crippen molar-refractivity contribution in [2.45, 2.75) is 13.5 Å². The van der Waals surface area contributed by atoms with E-state index in [-0.39, 0.29) is 11.7 Å². The molecule has 1 N–H and O–H groups in total. The number of amides is 1. The normalized spacial score (nSPS) is 10.4. The number of benzene rings is 2. The maximum Gasteiger partial charge on any atom is 0.256 e. The lowest BCUT2D eigenvalue weighted by Gasteiger charge is -2.10. The molecule has 26 heavy (non-hydrogen) atoms. The molecule has 0 saturated heterocycles. The van der Waals surface area contributed by atoms with Crippen LogP contribution < -0.4 is 10.1 Å². The van der Waals surface area contributed by atoms with Gasteiger partial charge in [-0.2, -0.15) is 0 Å². The van der Waals surface area contributed by atoms with Crippen molar-refractivity contribution in [2.75, 3.05) is 5.32 Å². The Balaban J connectivity index is 1.65. The van der Waals surface area contributed by atoms with Crippen LogP contribution in [-0.2, 0) is 13.7 Å². The molecular formula is C20H19N3O3.